The van der Waals surface area contributed by atoms with E-state index in [2.05, 4.69) is 0 Å². The highest BCUT2D eigenvalue weighted by molar-refractivity contribution is 8.00. The van der Waals surface area contributed by atoms with Gasteiger partial charge in [0.2, 0.25) is 5.91 Å². The molecule has 0 aromatic heterocycles. The molecule has 0 bridgehead atoms. The average Bonchev–Trinajstić information content (AvgIpc) is 2.87. The third kappa shape index (κ3) is 1.91. The molecule has 2 aliphatic rings. The van der Waals surface area contributed by atoms with Gasteiger partial charge in [0, 0.05) is 17.5 Å². The second-order valence-corrected chi connectivity index (χ2v) is 6.41. The predicted octanol–water partition coefficient (Wildman–Crippen LogP) is 3.38. The number of carbonyl (C=O) groups is 2. The summed E-state index contributed by atoms with van der Waals surface area (Å²) in [6.45, 7) is 0. The van der Waals surface area contributed by atoms with Gasteiger partial charge in [0.05, 0.1) is 11.4 Å². The summed E-state index contributed by atoms with van der Waals surface area (Å²) in [6, 6.07) is 13.8. The molecule has 4 heteroatoms. The number of fused-ring (bicyclic) bond motifs is 2. The number of carbonyl (C=O) groups excluding carboxylic acids is 2. The molecule has 0 saturated heterocycles. The number of benzene rings is 2. The van der Waals surface area contributed by atoms with Crippen molar-refractivity contribution in [1.82, 2.24) is 0 Å². The molecule has 4 rings (SSSR count). The van der Waals surface area contributed by atoms with Gasteiger partial charge in [-0.2, -0.15) is 0 Å². The lowest BCUT2D eigenvalue weighted by atomic mass is 9.98. The maximum atomic E-state index is 12.3. The molecule has 0 N–H and O–H groups in total. The van der Waals surface area contributed by atoms with E-state index in [1.807, 2.05) is 42.5 Å². The maximum Gasteiger partial charge on any atom is 0.237 e. The molecule has 1 amide bonds. The Kier molecular flexibility index (Phi) is 2.94. The van der Waals surface area contributed by atoms with E-state index in [4.69, 9.17) is 0 Å². The highest BCUT2D eigenvalue weighted by Crippen LogP contribution is 2.42. The van der Waals surface area contributed by atoms with Crippen molar-refractivity contribution in [2.75, 3.05) is 17.7 Å². The highest BCUT2D eigenvalue weighted by Gasteiger charge is 2.28. The molecule has 0 saturated carbocycles. The van der Waals surface area contributed by atoms with E-state index in [1.165, 1.54) is 11.8 Å². The van der Waals surface area contributed by atoms with Crippen molar-refractivity contribution < 1.29 is 9.59 Å². The van der Waals surface area contributed by atoms with Crippen molar-refractivity contribution in [3.8, 4) is 0 Å². The number of ketones is 1. The SMILES string of the molecule is CN1C(=O)CSc2cc3c(cc21)C(c1ccccc1)=CC3=O. The number of hydrogen-bond acceptors (Lipinski definition) is 3. The number of anilines is 1. The summed E-state index contributed by atoms with van der Waals surface area (Å²) in [5.41, 5.74) is 4.48. The van der Waals surface area contributed by atoms with Crippen LogP contribution in [0.15, 0.2) is 53.4 Å². The summed E-state index contributed by atoms with van der Waals surface area (Å²) in [5.74, 6) is 0.555. The Morgan fingerprint density at radius 2 is 1.82 bits per heavy atom. The Hall–Kier alpha value is -2.33. The molecule has 0 unspecified atom stereocenters. The lowest BCUT2D eigenvalue weighted by Gasteiger charge is -2.26. The lowest BCUT2D eigenvalue weighted by Crippen LogP contribution is -2.31. The minimum Gasteiger partial charge on any atom is -0.314 e. The van der Waals surface area contributed by atoms with E-state index in [0.29, 0.717) is 5.75 Å². The molecule has 1 aliphatic carbocycles. The average molecular weight is 307 g/mol. The molecular formula is C18H13NO2S. The highest BCUT2D eigenvalue weighted by atomic mass is 32.2. The molecule has 2 aromatic rings. The van der Waals surface area contributed by atoms with Gasteiger partial charge in [-0.05, 0) is 34.9 Å². The van der Waals surface area contributed by atoms with Gasteiger partial charge < -0.3 is 4.90 Å². The van der Waals surface area contributed by atoms with Crippen LogP contribution in [0, 0.1) is 0 Å². The number of nitrogens with zero attached hydrogens (tertiary/aromatic N) is 1. The molecule has 1 aliphatic heterocycles. The van der Waals surface area contributed by atoms with Crippen LogP contribution in [-0.2, 0) is 4.79 Å². The Bertz CT molecular complexity index is 840. The van der Waals surface area contributed by atoms with Crippen LogP contribution in [0.5, 0.6) is 0 Å². The number of amides is 1. The first-order chi connectivity index (χ1) is 10.6. The van der Waals surface area contributed by atoms with Gasteiger partial charge in [0.15, 0.2) is 5.78 Å². The smallest absolute Gasteiger partial charge is 0.237 e. The summed E-state index contributed by atoms with van der Waals surface area (Å²) < 4.78 is 0. The molecule has 22 heavy (non-hydrogen) atoms. The molecule has 2 aromatic carbocycles. The number of allylic oxidation sites excluding steroid dienone is 1. The first-order valence-corrected chi connectivity index (χ1v) is 8.03. The van der Waals surface area contributed by atoms with Gasteiger partial charge in [-0.1, -0.05) is 30.3 Å². The van der Waals surface area contributed by atoms with E-state index in [1.54, 1.807) is 18.0 Å². The van der Waals surface area contributed by atoms with Crippen molar-refractivity contribution in [1.29, 1.82) is 0 Å². The van der Waals surface area contributed by atoms with Gasteiger partial charge in [-0.15, -0.1) is 11.8 Å². The van der Waals surface area contributed by atoms with E-state index in [-0.39, 0.29) is 11.7 Å². The van der Waals surface area contributed by atoms with Crippen LogP contribution in [0.3, 0.4) is 0 Å². The largest absolute Gasteiger partial charge is 0.314 e. The molecule has 1 heterocycles. The van der Waals surface area contributed by atoms with Crippen molar-refractivity contribution >= 4 is 34.7 Å². The summed E-state index contributed by atoms with van der Waals surface area (Å²) in [6.07, 6.45) is 1.69. The topological polar surface area (TPSA) is 37.4 Å². The Morgan fingerprint density at radius 3 is 2.59 bits per heavy atom. The van der Waals surface area contributed by atoms with Crippen molar-refractivity contribution in [2.45, 2.75) is 4.90 Å². The standard InChI is InChI=1S/C18H13NO2S/c1-19-15-7-13-12(11-5-3-2-4-6-11)8-16(20)14(13)9-17(15)22-10-18(19)21/h2-9H,10H2,1H3. The molecule has 108 valence electrons. The normalized spacial score (nSPS) is 16.4. The number of hydrogen-bond donors (Lipinski definition) is 0. The van der Waals surface area contributed by atoms with Crippen LogP contribution in [0.25, 0.3) is 5.57 Å². The molecule has 0 atom stereocenters. The summed E-state index contributed by atoms with van der Waals surface area (Å²) in [7, 11) is 1.79. The van der Waals surface area contributed by atoms with E-state index in [0.717, 1.165) is 32.8 Å². The van der Waals surface area contributed by atoms with E-state index < -0.39 is 0 Å². The van der Waals surface area contributed by atoms with E-state index in [9.17, 15) is 9.59 Å². The van der Waals surface area contributed by atoms with Crippen molar-refractivity contribution in [3.05, 3.63) is 65.2 Å². The lowest BCUT2D eigenvalue weighted by molar-refractivity contribution is -0.116. The zero-order valence-electron chi connectivity index (χ0n) is 12.0. The summed E-state index contributed by atoms with van der Waals surface area (Å²) >= 11 is 1.50. The maximum absolute atomic E-state index is 12.3. The summed E-state index contributed by atoms with van der Waals surface area (Å²) in [5, 5.41) is 0. The molecule has 0 fully saturated rings. The summed E-state index contributed by atoms with van der Waals surface area (Å²) in [4.78, 5) is 26.9. The van der Waals surface area contributed by atoms with Gasteiger partial charge in [0.25, 0.3) is 0 Å². The number of rotatable bonds is 1. The van der Waals surface area contributed by atoms with Crippen molar-refractivity contribution in [2.24, 2.45) is 0 Å². The van der Waals surface area contributed by atoms with Crippen LogP contribution >= 0.6 is 11.8 Å². The second kappa shape index (κ2) is 4.85. The Labute approximate surface area is 132 Å². The number of thioether (sulfide) groups is 1. The van der Waals surface area contributed by atoms with Gasteiger partial charge >= 0.3 is 0 Å². The fraction of sp³-hybridized carbons (Fsp3) is 0.111. The van der Waals surface area contributed by atoms with Crippen LogP contribution < -0.4 is 4.90 Å². The van der Waals surface area contributed by atoms with Gasteiger partial charge in [-0.25, -0.2) is 0 Å². The van der Waals surface area contributed by atoms with Crippen LogP contribution in [-0.4, -0.2) is 24.5 Å². The third-order valence-corrected chi connectivity index (χ3v) is 5.13. The fourth-order valence-corrected chi connectivity index (χ4v) is 3.90. The second-order valence-electron chi connectivity index (χ2n) is 5.40. The zero-order valence-corrected chi connectivity index (χ0v) is 12.8. The predicted molar refractivity (Wildman–Crippen MR) is 88.4 cm³/mol. The van der Waals surface area contributed by atoms with Crippen LogP contribution in [0.4, 0.5) is 5.69 Å². The molecule has 0 radical (unpaired) electrons. The van der Waals surface area contributed by atoms with Crippen LogP contribution in [0.2, 0.25) is 0 Å². The van der Waals surface area contributed by atoms with Gasteiger partial charge in [-0.3, -0.25) is 9.59 Å². The monoisotopic (exact) mass is 307 g/mol. The fourth-order valence-electron chi connectivity index (χ4n) is 2.89. The molecule has 0 spiro atoms. The minimum atomic E-state index is 0.0387. The van der Waals surface area contributed by atoms with E-state index >= 15 is 0 Å². The minimum absolute atomic E-state index is 0.0387. The third-order valence-electron chi connectivity index (χ3n) is 4.10. The van der Waals surface area contributed by atoms with Crippen LogP contribution in [0.1, 0.15) is 21.5 Å². The van der Waals surface area contributed by atoms with Crippen molar-refractivity contribution in [3.63, 3.8) is 0 Å². The van der Waals surface area contributed by atoms with Gasteiger partial charge in [0.1, 0.15) is 0 Å². The quantitative estimate of drug-likeness (QED) is 0.810. The first kappa shape index (κ1) is 13.3. The Morgan fingerprint density at radius 1 is 1.05 bits per heavy atom. The molecular weight excluding hydrogens is 294 g/mol. The zero-order chi connectivity index (χ0) is 15.3. The Balaban J connectivity index is 1.90. The first-order valence-electron chi connectivity index (χ1n) is 7.04. The molecule has 3 nitrogen and oxygen atoms in total.